The first kappa shape index (κ1) is 101. The van der Waals surface area contributed by atoms with Gasteiger partial charge in [-0.2, -0.15) is 0 Å². The van der Waals surface area contributed by atoms with Crippen LogP contribution in [0.1, 0.15) is 116 Å². The molecule has 2 unspecified atom stereocenters. The summed E-state index contributed by atoms with van der Waals surface area (Å²) in [6.07, 6.45) is 14.1. The Morgan fingerprint density at radius 1 is 0.394 bits per heavy atom. The number of anilines is 3. The van der Waals surface area contributed by atoms with Crippen molar-refractivity contribution >= 4 is 272 Å². The molecule has 15 aromatic rings. The first-order valence-electron chi connectivity index (χ1n) is 44.7. The monoisotopic (exact) mass is 2050 g/mol. The number of fused-ring (bicyclic) bond motifs is 10. The van der Waals surface area contributed by atoms with Crippen molar-refractivity contribution in [3.63, 3.8) is 0 Å². The Balaban J connectivity index is 0.000000130. The first-order valence-corrected chi connectivity index (χ1v) is 48.5. The highest BCUT2D eigenvalue weighted by Gasteiger charge is 2.31. The van der Waals surface area contributed by atoms with E-state index < -0.39 is 35.9 Å². The van der Waals surface area contributed by atoms with E-state index in [4.69, 9.17) is 121 Å². The van der Waals surface area contributed by atoms with Gasteiger partial charge >= 0.3 is 29.8 Å². The normalized spacial score (nSPS) is 16.5. The third-order valence-corrected chi connectivity index (χ3v) is 29.9. The molecule has 5 aromatic heterocycles. The number of carboxylic acids is 5. The van der Waals surface area contributed by atoms with Gasteiger partial charge in [-0.15, -0.1) is 0 Å². The van der Waals surface area contributed by atoms with Crippen molar-refractivity contribution in [3.05, 3.63) is 265 Å². The molecule has 0 bridgehead atoms. The van der Waals surface area contributed by atoms with E-state index in [-0.39, 0.29) is 105 Å². The summed E-state index contributed by atoms with van der Waals surface area (Å²) < 4.78 is 13.2. The minimum absolute atomic E-state index is 0.162. The van der Waals surface area contributed by atoms with Gasteiger partial charge in [-0.25, -0.2) is 4.79 Å². The van der Waals surface area contributed by atoms with Crippen LogP contribution in [0.25, 0.3) is 109 Å². The molecule has 35 heteroatoms. The molecule has 4 fully saturated rings. The predicted molar refractivity (Wildman–Crippen MR) is 553 cm³/mol. The van der Waals surface area contributed by atoms with E-state index in [2.05, 4.69) is 42.0 Å². The SMILES string of the molecule is CC(C(=O)O)n1c2ccccc2c(=O)c2ccc(Cl)c(Cl)c21.CC1(C)CCCC(Cc2ccc3c(=O)c4ccc(Cl)c(Cl)c4n(CC(=O)O)c3c2)C1.CC1CCC(Nc2ccc3c(=O)c4ccc(Cl)c(Cl)c4n(CC(=O)O)c3c2)CC1.O=C(O)Cn1c2cc(NC3CCNCC3)ccc2c(=O)c2ccc(Cl)c(Cl)c21.O=C(O)Cn1c2cc(NC3CCOCC3)ccc2c(=O)c2ccc(Cl)c(Cl)c21. The first-order chi connectivity index (χ1) is 65.3. The number of carboxylic acid groups (broad SMARTS) is 5. The standard InChI is InChI=1S/C24H25Cl2NO3.C22H22Cl2N2O3.C20H19Cl2N3O3.C20H18Cl2N2O4.C16H11Cl2NO3/c1-24(2)9-3-4-15(12-24)10-14-5-6-16-19(11-14)27(13-20(28)29)22-17(23(16)30)7-8-18(25)21(22)26;1-12-2-4-13(5-3-12)25-14-6-7-15-18(10-14)26(11-19(27)28)21-16(22(15)29)8-9-17(23)20(21)24;21-15-4-3-14-19(18(15)22)25(10-17(26)27)16-9-12(1-2-13(16)20(14)28)24-11-5-7-23-8-6-11;21-15-4-3-14-19(18(15)22)24(10-17(25)26)16-9-12(1-2-13(16)20(14)27)23-11-5-7-28-8-6-11;1-8(16(21)22)19-12-5-3-2-4-9(12)15(20)10-6-7-11(17)13(18)14(10)19/h5-8,11,15H,3-4,9-10,12-13H2,1-2H3,(H,28,29);6-10,12-13,25H,2-5,11H2,1H3,(H,27,28);1-4,9,11,23-24H,5-8,10H2,(H,26,27);1-4,9,11,23H,5-8,10H2,(H,25,26);2-8H,1H3,(H,21,22). The predicted octanol–water partition coefficient (Wildman–Crippen LogP) is 23.8. The fourth-order valence-electron chi connectivity index (χ4n) is 19.3. The molecule has 2 aliphatic carbocycles. The van der Waals surface area contributed by atoms with Gasteiger partial charge in [0.1, 0.15) is 32.2 Å². The van der Waals surface area contributed by atoms with Gasteiger partial charge in [-0.1, -0.05) is 168 Å². The van der Waals surface area contributed by atoms with Crippen LogP contribution in [0.15, 0.2) is 182 Å². The third kappa shape index (κ3) is 21.8. The zero-order valence-corrected chi connectivity index (χ0v) is 82.1. The van der Waals surface area contributed by atoms with Crippen LogP contribution in [0.4, 0.5) is 17.1 Å². The van der Waals surface area contributed by atoms with Crippen LogP contribution >= 0.6 is 116 Å². The van der Waals surface area contributed by atoms with Crippen LogP contribution in [-0.2, 0) is 61.3 Å². The van der Waals surface area contributed by atoms with E-state index in [0.29, 0.717) is 151 Å². The third-order valence-electron chi connectivity index (χ3n) is 25.9. The summed E-state index contributed by atoms with van der Waals surface area (Å²) in [5.74, 6) is -3.77. The minimum atomic E-state index is -1.04. The van der Waals surface area contributed by atoms with Gasteiger partial charge < -0.3 is 74.4 Å². The van der Waals surface area contributed by atoms with Crippen LogP contribution in [-0.4, -0.2) is 123 Å². The molecule has 4 aliphatic rings. The maximum atomic E-state index is 13.1. The van der Waals surface area contributed by atoms with E-state index in [9.17, 15) is 73.5 Å². The quantitative estimate of drug-likeness (QED) is 0.0360. The van der Waals surface area contributed by atoms with Gasteiger partial charge in [0.25, 0.3) is 0 Å². The molecule has 7 heterocycles. The lowest BCUT2D eigenvalue weighted by Crippen LogP contribution is -2.35. The highest BCUT2D eigenvalue weighted by atomic mass is 35.5. The Hall–Kier alpha value is -10.9. The summed E-state index contributed by atoms with van der Waals surface area (Å²) in [4.78, 5) is 123. The van der Waals surface area contributed by atoms with Crippen molar-refractivity contribution in [3.8, 4) is 0 Å². The Labute approximate surface area is 833 Å². The van der Waals surface area contributed by atoms with Crippen molar-refractivity contribution in [1.29, 1.82) is 0 Å². The van der Waals surface area contributed by atoms with E-state index in [1.165, 1.54) is 56.1 Å². The lowest BCUT2D eigenvalue weighted by molar-refractivity contribution is -0.140. The van der Waals surface area contributed by atoms with Crippen molar-refractivity contribution in [1.82, 2.24) is 28.2 Å². The maximum Gasteiger partial charge on any atom is 0.326 e. The molecule has 714 valence electrons. The van der Waals surface area contributed by atoms with Crippen LogP contribution in [0.2, 0.25) is 50.2 Å². The van der Waals surface area contributed by atoms with Gasteiger partial charge in [0.15, 0.2) is 27.1 Å². The Morgan fingerprint density at radius 2 is 0.715 bits per heavy atom. The topological polar surface area (TPSA) is 354 Å². The maximum absolute atomic E-state index is 13.1. The summed E-state index contributed by atoms with van der Waals surface area (Å²) in [7, 11) is 0. The van der Waals surface area contributed by atoms with Crippen LogP contribution in [0, 0.1) is 17.3 Å². The number of piperidine rings is 1. The lowest BCUT2D eigenvalue weighted by Gasteiger charge is -2.35. The van der Waals surface area contributed by atoms with Crippen LogP contribution in [0.5, 0.6) is 0 Å². The number of carbonyl (C=O) groups is 5. The minimum Gasteiger partial charge on any atom is -0.480 e. The average molecular weight is 2060 g/mol. The van der Waals surface area contributed by atoms with Crippen molar-refractivity contribution < 1.29 is 54.2 Å². The molecule has 2 saturated carbocycles. The smallest absolute Gasteiger partial charge is 0.326 e. The van der Waals surface area contributed by atoms with E-state index in [1.54, 1.807) is 121 Å². The van der Waals surface area contributed by atoms with Crippen molar-refractivity contribution in [2.45, 2.75) is 162 Å². The molecule has 0 radical (unpaired) electrons. The molecule has 0 spiro atoms. The Bertz CT molecular complexity index is 7540. The van der Waals surface area contributed by atoms with Gasteiger partial charge in [0.2, 0.25) is 0 Å². The molecule has 10 aromatic carbocycles. The summed E-state index contributed by atoms with van der Waals surface area (Å²) in [6, 6.07) is 44.7. The molecule has 25 nitrogen and oxygen atoms in total. The summed E-state index contributed by atoms with van der Waals surface area (Å²) in [6.45, 7) is 10.5. The lowest BCUT2D eigenvalue weighted by atomic mass is 9.70. The van der Waals surface area contributed by atoms with Gasteiger partial charge in [-0.3, -0.25) is 43.2 Å². The highest BCUT2D eigenvalue weighted by Crippen LogP contribution is 2.43. The number of hydrogen-bond donors (Lipinski definition) is 9. The number of rotatable bonds is 18. The second-order valence-corrected chi connectivity index (χ2v) is 39.9. The molecule has 137 heavy (non-hydrogen) atoms. The zero-order valence-electron chi connectivity index (χ0n) is 74.6. The molecule has 0 amide bonds. The number of halogens is 10. The van der Waals surface area contributed by atoms with E-state index in [0.717, 1.165) is 86.6 Å². The van der Waals surface area contributed by atoms with Gasteiger partial charge in [0.05, 0.1) is 105 Å². The summed E-state index contributed by atoms with van der Waals surface area (Å²) >= 11 is 62.5. The Kier molecular flexibility index (Phi) is 31.4. The number of pyridine rings is 5. The van der Waals surface area contributed by atoms with Gasteiger partial charge in [0, 0.05) is 102 Å². The highest BCUT2D eigenvalue weighted by molar-refractivity contribution is 6.48. The Morgan fingerprint density at radius 3 is 1.08 bits per heavy atom. The molecular formula is C102H95Cl10N9O16. The molecule has 9 N–H and O–H groups in total. The fraction of sp³-hybridized carbons (Fsp3) is 0.314. The molecule has 2 atom stereocenters. The molecular weight excluding hydrogens is 1960 g/mol. The number of para-hydroxylation sites is 1. The van der Waals surface area contributed by atoms with E-state index >= 15 is 0 Å². The number of aromatic nitrogens is 5. The number of nitrogens with one attached hydrogen (secondary N) is 4. The van der Waals surface area contributed by atoms with E-state index in [1.807, 2.05) is 48.5 Å². The van der Waals surface area contributed by atoms with Crippen LogP contribution < -0.4 is 48.4 Å². The number of nitrogens with zero attached hydrogens (tertiary/aromatic N) is 5. The molecule has 2 aliphatic heterocycles. The van der Waals surface area contributed by atoms with Crippen LogP contribution in [0.3, 0.4) is 0 Å². The molecule has 19 rings (SSSR count). The number of aliphatic carboxylic acids is 5. The average Bonchev–Trinajstić information content (AvgIpc) is 0.763. The fourth-order valence-corrected chi connectivity index (χ4v) is 21.4. The van der Waals surface area contributed by atoms with Crippen molar-refractivity contribution in [2.24, 2.45) is 17.3 Å². The second kappa shape index (κ2) is 42.8. The number of ether oxygens (including phenoxy) is 1. The largest absolute Gasteiger partial charge is 0.480 e. The summed E-state index contributed by atoms with van der Waals surface area (Å²) in [5, 5.41) is 67.5. The zero-order chi connectivity index (χ0) is 98.0. The van der Waals surface area contributed by atoms with Gasteiger partial charge in [-0.05, 0) is 253 Å². The summed E-state index contributed by atoms with van der Waals surface area (Å²) in [5.41, 5.74) is 7.43. The molecule has 2 saturated heterocycles. The number of hydrogen-bond acceptors (Lipinski definition) is 15. The van der Waals surface area contributed by atoms with Crippen molar-refractivity contribution in [2.75, 3.05) is 42.3 Å². The second-order valence-electron chi connectivity index (χ2n) is 35.9. The number of benzene rings is 10.